The van der Waals surface area contributed by atoms with Crippen molar-refractivity contribution < 1.29 is 5.11 Å². The second-order valence-electron chi connectivity index (χ2n) is 5.27. The number of hydrogen-bond donors (Lipinski definition) is 1. The van der Waals surface area contributed by atoms with Crippen LogP contribution < -0.4 is 0 Å². The Labute approximate surface area is 120 Å². The zero-order chi connectivity index (χ0) is 14.7. The van der Waals surface area contributed by atoms with Gasteiger partial charge in [0.1, 0.15) is 0 Å². The lowest BCUT2D eigenvalue weighted by atomic mass is 9.78. The first kappa shape index (κ1) is 18.2. The van der Waals surface area contributed by atoms with Crippen LogP contribution in [0.5, 0.6) is 0 Å². The summed E-state index contributed by atoms with van der Waals surface area (Å²) < 4.78 is 0. The third-order valence-electron chi connectivity index (χ3n) is 3.62. The Balaban J connectivity index is 0.00000154. The SMILES string of the molecule is CC.CCCCC(C)(CO)c1ccc(CCC)cc1. The van der Waals surface area contributed by atoms with Crippen molar-refractivity contribution in [3.05, 3.63) is 35.4 Å². The van der Waals surface area contributed by atoms with Crippen LogP contribution in [-0.2, 0) is 11.8 Å². The van der Waals surface area contributed by atoms with Gasteiger partial charge in [-0.25, -0.2) is 0 Å². The number of aryl methyl sites for hydroxylation is 1. The van der Waals surface area contributed by atoms with Gasteiger partial charge in [-0.3, -0.25) is 0 Å². The lowest BCUT2D eigenvalue weighted by Gasteiger charge is -2.28. The maximum absolute atomic E-state index is 9.64. The predicted molar refractivity (Wildman–Crippen MR) is 85.7 cm³/mol. The lowest BCUT2D eigenvalue weighted by Crippen LogP contribution is -2.26. The Bertz CT molecular complexity index is 315. The summed E-state index contributed by atoms with van der Waals surface area (Å²) >= 11 is 0. The molecule has 1 aromatic rings. The Morgan fingerprint density at radius 1 is 1.00 bits per heavy atom. The molecule has 1 atom stereocenters. The van der Waals surface area contributed by atoms with Crippen molar-refractivity contribution >= 4 is 0 Å². The van der Waals surface area contributed by atoms with Crippen molar-refractivity contribution in [2.45, 2.75) is 72.1 Å². The van der Waals surface area contributed by atoms with E-state index in [1.54, 1.807) is 0 Å². The molecule has 0 saturated carbocycles. The summed E-state index contributed by atoms with van der Waals surface area (Å²) in [4.78, 5) is 0. The molecule has 1 heteroatoms. The summed E-state index contributed by atoms with van der Waals surface area (Å²) in [6, 6.07) is 8.80. The van der Waals surface area contributed by atoms with Gasteiger partial charge in [0, 0.05) is 5.41 Å². The summed E-state index contributed by atoms with van der Waals surface area (Å²) in [5.41, 5.74) is 2.60. The van der Waals surface area contributed by atoms with Gasteiger partial charge >= 0.3 is 0 Å². The van der Waals surface area contributed by atoms with E-state index in [4.69, 9.17) is 0 Å². The van der Waals surface area contributed by atoms with Crippen LogP contribution in [0.1, 0.15) is 71.4 Å². The molecule has 0 fully saturated rings. The van der Waals surface area contributed by atoms with E-state index in [0.717, 1.165) is 12.8 Å². The van der Waals surface area contributed by atoms with Crippen molar-refractivity contribution in [1.82, 2.24) is 0 Å². The van der Waals surface area contributed by atoms with E-state index in [2.05, 4.69) is 45.0 Å². The van der Waals surface area contributed by atoms with Crippen LogP contribution in [0.15, 0.2) is 24.3 Å². The third kappa shape index (κ3) is 5.78. The monoisotopic (exact) mass is 264 g/mol. The number of unbranched alkanes of at least 4 members (excludes halogenated alkanes) is 1. The highest BCUT2D eigenvalue weighted by molar-refractivity contribution is 5.29. The number of benzene rings is 1. The van der Waals surface area contributed by atoms with Gasteiger partial charge in [-0.05, 0) is 24.0 Å². The van der Waals surface area contributed by atoms with E-state index in [9.17, 15) is 5.11 Å². The Morgan fingerprint density at radius 3 is 2.00 bits per heavy atom. The molecule has 110 valence electrons. The molecule has 1 nitrogen and oxygen atoms in total. The zero-order valence-corrected chi connectivity index (χ0v) is 13.5. The molecule has 1 rings (SSSR count). The van der Waals surface area contributed by atoms with Gasteiger partial charge in [0.2, 0.25) is 0 Å². The highest BCUT2D eigenvalue weighted by Crippen LogP contribution is 2.29. The largest absolute Gasteiger partial charge is 0.395 e. The average molecular weight is 264 g/mol. The Kier molecular flexibility index (Phi) is 9.59. The second-order valence-corrected chi connectivity index (χ2v) is 5.27. The molecule has 0 aliphatic rings. The molecule has 0 amide bonds. The molecule has 0 heterocycles. The van der Waals surface area contributed by atoms with E-state index in [1.165, 1.54) is 30.4 Å². The third-order valence-corrected chi connectivity index (χ3v) is 3.62. The van der Waals surface area contributed by atoms with E-state index in [-0.39, 0.29) is 12.0 Å². The molecule has 0 radical (unpaired) electrons. The van der Waals surface area contributed by atoms with Crippen LogP contribution >= 0.6 is 0 Å². The Hall–Kier alpha value is -0.820. The Morgan fingerprint density at radius 2 is 1.58 bits per heavy atom. The summed E-state index contributed by atoms with van der Waals surface area (Å²) in [6.07, 6.45) is 5.75. The molecule has 0 aromatic heterocycles. The topological polar surface area (TPSA) is 20.2 Å². The van der Waals surface area contributed by atoms with Crippen LogP contribution in [-0.4, -0.2) is 11.7 Å². The number of aliphatic hydroxyl groups is 1. The van der Waals surface area contributed by atoms with E-state index >= 15 is 0 Å². The van der Waals surface area contributed by atoms with Crippen molar-refractivity contribution in [1.29, 1.82) is 0 Å². The molecule has 0 aliphatic carbocycles. The van der Waals surface area contributed by atoms with Crippen molar-refractivity contribution in [2.24, 2.45) is 0 Å². The molecule has 0 aliphatic heterocycles. The fourth-order valence-electron chi connectivity index (χ4n) is 2.24. The summed E-state index contributed by atoms with van der Waals surface area (Å²) in [5, 5.41) is 9.64. The van der Waals surface area contributed by atoms with E-state index in [0.29, 0.717) is 0 Å². The molecular weight excluding hydrogens is 232 g/mol. The first-order valence-corrected chi connectivity index (χ1v) is 7.86. The first-order chi connectivity index (χ1) is 9.16. The molecule has 0 bridgehead atoms. The fraction of sp³-hybridized carbons (Fsp3) is 0.667. The van der Waals surface area contributed by atoms with Gasteiger partial charge in [0.25, 0.3) is 0 Å². The average Bonchev–Trinajstić information content (AvgIpc) is 2.48. The quantitative estimate of drug-likeness (QED) is 0.726. The standard InChI is InChI=1S/C16H26O.C2H6/c1-4-6-12-16(3,13-17)15-10-8-14(7-5-2)9-11-15;1-2/h8-11,17H,4-7,12-13H2,1-3H3;1-2H3. The number of rotatable bonds is 7. The minimum absolute atomic E-state index is 0.0687. The summed E-state index contributed by atoms with van der Waals surface area (Å²) in [6.45, 7) is 10.8. The van der Waals surface area contributed by atoms with Crippen molar-refractivity contribution in [3.63, 3.8) is 0 Å². The lowest BCUT2D eigenvalue weighted by molar-refractivity contribution is 0.194. The van der Waals surface area contributed by atoms with E-state index in [1.807, 2.05) is 13.8 Å². The second kappa shape index (κ2) is 10.0. The number of aliphatic hydroxyl groups excluding tert-OH is 1. The zero-order valence-electron chi connectivity index (χ0n) is 13.5. The van der Waals surface area contributed by atoms with Crippen LogP contribution in [0.2, 0.25) is 0 Å². The minimum atomic E-state index is -0.0687. The summed E-state index contributed by atoms with van der Waals surface area (Å²) in [7, 11) is 0. The highest BCUT2D eigenvalue weighted by atomic mass is 16.3. The normalized spacial score (nSPS) is 13.4. The van der Waals surface area contributed by atoms with Crippen LogP contribution in [0, 0.1) is 0 Å². The van der Waals surface area contributed by atoms with Gasteiger partial charge in [0.15, 0.2) is 0 Å². The molecular formula is C18H32O. The molecule has 1 N–H and O–H groups in total. The molecule has 19 heavy (non-hydrogen) atoms. The highest BCUT2D eigenvalue weighted by Gasteiger charge is 2.24. The van der Waals surface area contributed by atoms with Gasteiger partial charge < -0.3 is 5.11 Å². The fourth-order valence-corrected chi connectivity index (χ4v) is 2.24. The molecule has 0 saturated heterocycles. The van der Waals surface area contributed by atoms with Crippen molar-refractivity contribution in [3.8, 4) is 0 Å². The molecule has 1 unspecified atom stereocenters. The first-order valence-electron chi connectivity index (χ1n) is 7.86. The number of hydrogen-bond acceptors (Lipinski definition) is 1. The molecule has 0 spiro atoms. The maximum atomic E-state index is 9.64. The smallest absolute Gasteiger partial charge is 0.0525 e. The molecule has 1 aromatic carbocycles. The van der Waals surface area contributed by atoms with E-state index < -0.39 is 0 Å². The van der Waals surface area contributed by atoms with Gasteiger partial charge in [0.05, 0.1) is 6.61 Å². The van der Waals surface area contributed by atoms with Gasteiger partial charge in [-0.1, -0.05) is 78.1 Å². The van der Waals surface area contributed by atoms with Crippen molar-refractivity contribution in [2.75, 3.05) is 6.61 Å². The minimum Gasteiger partial charge on any atom is -0.395 e. The predicted octanol–water partition coefficient (Wildman–Crippen LogP) is 5.11. The van der Waals surface area contributed by atoms with Crippen LogP contribution in [0.3, 0.4) is 0 Å². The summed E-state index contributed by atoms with van der Waals surface area (Å²) in [5.74, 6) is 0. The van der Waals surface area contributed by atoms with Gasteiger partial charge in [-0.2, -0.15) is 0 Å². The maximum Gasteiger partial charge on any atom is 0.0525 e. The van der Waals surface area contributed by atoms with Crippen LogP contribution in [0.25, 0.3) is 0 Å². The van der Waals surface area contributed by atoms with Crippen LogP contribution in [0.4, 0.5) is 0 Å². The van der Waals surface area contributed by atoms with Gasteiger partial charge in [-0.15, -0.1) is 0 Å².